The molecule has 1 aromatic heterocycles. The van der Waals surface area contributed by atoms with E-state index in [0.29, 0.717) is 13.0 Å². The van der Waals surface area contributed by atoms with Crippen LogP contribution in [-0.2, 0) is 4.79 Å². The van der Waals surface area contributed by atoms with Gasteiger partial charge in [0.2, 0.25) is 5.91 Å². The largest absolute Gasteiger partial charge is 0.354 e. The number of carbonyl (C=O) groups is 1. The van der Waals surface area contributed by atoms with Crippen molar-refractivity contribution in [3.05, 3.63) is 22.4 Å². The average Bonchev–Trinajstić information content (AvgIpc) is 3.00. The van der Waals surface area contributed by atoms with E-state index in [4.69, 9.17) is 0 Å². The van der Waals surface area contributed by atoms with Crippen LogP contribution in [0.1, 0.15) is 37.3 Å². The van der Waals surface area contributed by atoms with Gasteiger partial charge in [0.05, 0.1) is 6.04 Å². The van der Waals surface area contributed by atoms with Gasteiger partial charge in [-0.2, -0.15) is 11.3 Å². The number of amides is 1. The van der Waals surface area contributed by atoms with Gasteiger partial charge in [0.15, 0.2) is 0 Å². The molecule has 2 heterocycles. The van der Waals surface area contributed by atoms with E-state index >= 15 is 0 Å². The molecule has 1 atom stereocenters. The summed E-state index contributed by atoms with van der Waals surface area (Å²) in [6, 6.07) is 2.40. The van der Waals surface area contributed by atoms with Gasteiger partial charge in [0.25, 0.3) is 0 Å². The third kappa shape index (κ3) is 7.86. The van der Waals surface area contributed by atoms with E-state index in [1.54, 1.807) is 11.3 Å². The van der Waals surface area contributed by atoms with Gasteiger partial charge >= 0.3 is 0 Å². The highest BCUT2D eigenvalue weighted by atomic mass is 35.5. The second-order valence-electron chi connectivity index (χ2n) is 6.07. The van der Waals surface area contributed by atoms with Crippen LogP contribution < -0.4 is 10.6 Å². The molecule has 1 saturated heterocycles. The van der Waals surface area contributed by atoms with E-state index in [1.807, 2.05) is 0 Å². The van der Waals surface area contributed by atoms with Crippen LogP contribution in [0.15, 0.2) is 16.8 Å². The lowest BCUT2D eigenvalue weighted by Gasteiger charge is -2.25. The van der Waals surface area contributed by atoms with E-state index in [0.717, 1.165) is 25.4 Å². The average molecular weight is 382 g/mol. The second kappa shape index (κ2) is 12.1. The SMILES string of the molecule is CN(C)C(CNC(=O)CCC1CCNCC1)c1ccsc1.Cl.Cl. The van der Waals surface area contributed by atoms with Crippen LogP contribution in [0.2, 0.25) is 0 Å². The zero-order valence-electron chi connectivity index (χ0n) is 13.9. The highest BCUT2D eigenvalue weighted by molar-refractivity contribution is 7.07. The minimum atomic E-state index is 0. The number of rotatable bonds is 7. The molecular formula is C16H29Cl2N3OS. The monoisotopic (exact) mass is 381 g/mol. The molecular weight excluding hydrogens is 353 g/mol. The molecule has 0 aromatic carbocycles. The van der Waals surface area contributed by atoms with Crippen molar-refractivity contribution in [2.45, 2.75) is 31.7 Å². The Bertz CT molecular complexity index is 423. The standard InChI is InChI=1S/C16H27N3OS.2ClH/c1-19(2)15(14-7-10-21-12-14)11-18-16(20)4-3-13-5-8-17-9-6-13;;/h7,10,12-13,15,17H,3-6,8-9,11H2,1-2H3,(H,18,20);2*1H. The molecule has 0 bridgehead atoms. The minimum Gasteiger partial charge on any atom is -0.354 e. The molecule has 7 heteroatoms. The van der Waals surface area contributed by atoms with Crippen molar-refractivity contribution in [3.8, 4) is 0 Å². The molecule has 0 aliphatic carbocycles. The third-order valence-corrected chi connectivity index (χ3v) is 4.98. The first kappa shape index (κ1) is 22.7. The molecule has 0 radical (unpaired) electrons. The Morgan fingerprint density at radius 1 is 1.39 bits per heavy atom. The number of piperidine rings is 1. The number of nitrogens with zero attached hydrogens (tertiary/aromatic N) is 1. The Morgan fingerprint density at radius 2 is 2.09 bits per heavy atom. The summed E-state index contributed by atoms with van der Waals surface area (Å²) in [5.74, 6) is 0.911. The normalized spacial score (nSPS) is 16.3. The van der Waals surface area contributed by atoms with Crippen LogP contribution in [-0.4, -0.2) is 44.5 Å². The maximum atomic E-state index is 12.0. The maximum absolute atomic E-state index is 12.0. The van der Waals surface area contributed by atoms with Crippen LogP contribution in [0.5, 0.6) is 0 Å². The summed E-state index contributed by atoms with van der Waals surface area (Å²) < 4.78 is 0. The highest BCUT2D eigenvalue weighted by Gasteiger charge is 2.17. The maximum Gasteiger partial charge on any atom is 0.220 e. The van der Waals surface area contributed by atoms with E-state index in [2.05, 4.69) is 46.5 Å². The molecule has 2 rings (SSSR count). The van der Waals surface area contributed by atoms with E-state index in [9.17, 15) is 4.79 Å². The minimum absolute atomic E-state index is 0. The van der Waals surface area contributed by atoms with Gasteiger partial charge < -0.3 is 15.5 Å². The molecule has 0 saturated carbocycles. The summed E-state index contributed by atoms with van der Waals surface area (Å²) in [5.41, 5.74) is 1.28. The first-order valence-electron chi connectivity index (χ1n) is 7.82. The van der Waals surface area contributed by atoms with E-state index in [1.165, 1.54) is 18.4 Å². The number of nitrogens with one attached hydrogen (secondary N) is 2. The molecule has 1 unspecified atom stereocenters. The van der Waals surface area contributed by atoms with Crippen molar-refractivity contribution in [1.29, 1.82) is 0 Å². The van der Waals surface area contributed by atoms with Crippen molar-refractivity contribution < 1.29 is 4.79 Å². The number of hydrogen-bond donors (Lipinski definition) is 2. The fourth-order valence-electron chi connectivity index (χ4n) is 2.87. The molecule has 2 N–H and O–H groups in total. The Morgan fingerprint density at radius 3 is 2.65 bits per heavy atom. The summed E-state index contributed by atoms with van der Waals surface area (Å²) in [7, 11) is 4.12. The molecule has 1 aliphatic heterocycles. The molecule has 23 heavy (non-hydrogen) atoms. The summed E-state index contributed by atoms with van der Waals surface area (Å²) >= 11 is 1.70. The van der Waals surface area contributed by atoms with Crippen LogP contribution in [0.3, 0.4) is 0 Å². The number of thiophene rings is 1. The van der Waals surface area contributed by atoms with E-state index in [-0.39, 0.29) is 36.8 Å². The Balaban J connectivity index is 0.00000242. The van der Waals surface area contributed by atoms with Crippen LogP contribution in [0, 0.1) is 5.92 Å². The third-order valence-electron chi connectivity index (χ3n) is 4.28. The quantitative estimate of drug-likeness (QED) is 0.762. The van der Waals surface area contributed by atoms with Gasteiger partial charge in [0, 0.05) is 13.0 Å². The molecule has 1 aliphatic rings. The molecule has 1 aromatic rings. The molecule has 1 amide bonds. The Labute approximate surface area is 156 Å². The predicted octanol–water partition coefficient (Wildman–Crippen LogP) is 3.09. The predicted molar refractivity (Wildman–Crippen MR) is 103 cm³/mol. The topological polar surface area (TPSA) is 44.4 Å². The summed E-state index contributed by atoms with van der Waals surface area (Å²) in [6.07, 6.45) is 4.11. The smallest absolute Gasteiger partial charge is 0.220 e. The molecule has 134 valence electrons. The number of hydrogen-bond acceptors (Lipinski definition) is 4. The van der Waals surface area contributed by atoms with Crippen LogP contribution >= 0.6 is 36.2 Å². The van der Waals surface area contributed by atoms with Gasteiger partial charge in [-0.15, -0.1) is 24.8 Å². The van der Waals surface area contributed by atoms with Crippen molar-refractivity contribution in [2.75, 3.05) is 33.7 Å². The first-order chi connectivity index (χ1) is 10.2. The number of likely N-dealkylation sites (N-methyl/N-ethyl adjacent to an activating group) is 1. The zero-order valence-corrected chi connectivity index (χ0v) is 16.4. The highest BCUT2D eigenvalue weighted by Crippen LogP contribution is 2.20. The Kier molecular flexibility index (Phi) is 11.9. The second-order valence-corrected chi connectivity index (χ2v) is 6.85. The number of carbonyl (C=O) groups excluding carboxylic acids is 1. The summed E-state index contributed by atoms with van der Waals surface area (Å²) in [6.45, 7) is 2.90. The molecule has 1 fully saturated rings. The lowest BCUT2D eigenvalue weighted by Crippen LogP contribution is -2.35. The lowest BCUT2D eigenvalue weighted by molar-refractivity contribution is -0.121. The van der Waals surface area contributed by atoms with E-state index < -0.39 is 0 Å². The van der Waals surface area contributed by atoms with Gasteiger partial charge in [-0.25, -0.2) is 0 Å². The van der Waals surface area contributed by atoms with Crippen molar-refractivity contribution in [3.63, 3.8) is 0 Å². The molecule has 0 spiro atoms. The van der Waals surface area contributed by atoms with Crippen molar-refractivity contribution >= 4 is 42.1 Å². The molecule has 4 nitrogen and oxygen atoms in total. The van der Waals surface area contributed by atoms with Crippen LogP contribution in [0.4, 0.5) is 0 Å². The first-order valence-corrected chi connectivity index (χ1v) is 8.77. The summed E-state index contributed by atoms with van der Waals surface area (Å²) in [4.78, 5) is 14.2. The van der Waals surface area contributed by atoms with Gasteiger partial charge in [-0.3, -0.25) is 4.79 Å². The summed E-state index contributed by atoms with van der Waals surface area (Å²) in [5, 5.41) is 10.7. The fourth-order valence-corrected chi connectivity index (χ4v) is 3.57. The van der Waals surface area contributed by atoms with Gasteiger partial charge in [0.1, 0.15) is 0 Å². The zero-order chi connectivity index (χ0) is 15.1. The van der Waals surface area contributed by atoms with Crippen molar-refractivity contribution in [2.24, 2.45) is 5.92 Å². The number of halogens is 2. The van der Waals surface area contributed by atoms with Crippen molar-refractivity contribution in [1.82, 2.24) is 15.5 Å². The fraction of sp³-hybridized carbons (Fsp3) is 0.688. The van der Waals surface area contributed by atoms with Gasteiger partial charge in [-0.05, 0) is 74.8 Å². The Hall–Kier alpha value is -0.330. The van der Waals surface area contributed by atoms with Crippen LogP contribution in [0.25, 0.3) is 0 Å². The van der Waals surface area contributed by atoms with Gasteiger partial charge in [-0.1, -0.05) is 0 Å². The lowest BCUT2D eigenvalue weighted by atomic mass is 9.93.